The lowest BCUT2D eigenvalue weighted by Crippen LogP contribution is -2.43. The number of amides is 2. The number of non-ortho nitro benzene ring substituents is 1. The molecule has 1 aromatic heterocycles. The highest BCUT2D eigenvalue weighted by molar-refractivity contribution is 9.10. The van der Waals surface area contributed by atoms with Gasteiger partial charge in [0.15, 0.2) is 0 Å². The predicted molar refractivity (Wildman–Crippen MR) is 98.2 cm³/mol. The first-order chi connectivity index (χ1) is 12.8. The topological polar surface area (TPSA) is 132 Å². The standard InChI is InChI=1S/C17H10BrN3O6/c18-11-4-5-14-10(6-11)8-13(17(24)27-14)16(23)20-19-15(22)9-2-1-3-12(7-9)21(25)26/h1-8H,(H,19,22)(H,20,23). The minimum atomic E-state index is -0.885. The number of carbonyl (C=O) groups is 2. The predicted octanol–water partition coefficient (Wildman–Crippen LogP) is 2.54. The Morgan fingerprint density at radius 3 is 2.52 bits per heavy atom. The van der Waals surface area contributed by atoms with Crippen molar-refractivity contribution in [2.45, 2.75) is 0 Å². The Hall–Kier alpha value is -3.53. The Labute approximate surface area is 159 Å². The van der Waals surface area contributed by atoms with Gasteiger partial charge in [0.1, 0.15) is 11.1 Å². The maximum Gasteiger partial charge on any atom is 0.349 e. The zero-order valence-corrected chi connectivity index (χ0v) is 15.0. The molecule has 0 bridgehead atoms. The van der Waals surface area contributed by atoms with Gasteiger partial charge < -0.3 is 4.42 Å². The number of fused-ring (bicyclic) bond motifs is 1. The average molecular weight is 432 g/mol. The third-order valence-electron chi connectivity index (χ3n) is 3.55. The van der Waals surface area contributed by atoms with Crippen LogP contribution in [0.5, 0.6) is 0 Å². The van der Waals surface area contributed by atoms with E-state index in [1.165, 1.54) is 24.3 Å². The molecule has 0 atom stereocenters. The molecule has 3 aromatic rings. The van der Waals surface area contributed by atoms with E-state index in [1.807, 2.05) is 0 Å². The lowest BCUT2D eigenvalue weighted by molar-refractivity contribution is -0.384. The van der Waals surface area contributed by atoms with Gasteiger partial charge in [0.05, 0.1) is 4.92 Å². The first-order valence-electron chi connectivity index (χ1n) is 7.44. The molecular weight excluding hydrogens is 422 g/mol. The summed E-state index contributed by atoms with van der Waals surface area (Å²) in [6.45, 7) is 0. The Morgan fingerprint density at radius 2 is 1.78 bits per heavy atom. The molecule has 0 spiro atoms. The molecule has 0 aliphatic heterocycles. The fraction of sp³-hybridized carbons (Fsp3) is 0. The van der Waals surface area contributed by atoms with Crippen LogP contribution in [0.3, 0.4) is 0 Å². The van der Waals surface area contributed by atoms with Crippen LogP contribution in [0, 0.1) is 10.1 Å². The van der Waals surface area contributed by atoms with Gasteiger partial charge in [-0.2, -0.15) is 0 Å². The summed E-state index contributed by atoms with van der Waals surface area (Å²) in [4.78, 5) is 46.3. The van der Waals surface area contributed by atoms with Gasteiger partial charge in [-0.3, -0.25) is 30.6 Å². The summed E-state index contributed by atoms with van der Waals surface area (Å²) in [5.74, 6) is -1.66. The molecule has 3 rings (SSSR count). The van der Waals surface area contributed by atoms with Crippen molar-refractivity contribution in [3.05, 3.63) is 84.7 Å². The molecule has 0 saturated carbocycles. The largest absolute Gasteiger partial charge is 0.422 e. The summed E-state index contributed by atoms with van der Waals surface area (Å²) in [5, 5.41) is 11.3. The molecule has 2 amide bonds. The highest BCUT2D eigenvalue weighted by atomic mass is 79.9. The minimum Gasteiger partial charge on any atom is -0.422 e. The number of nitrogens with zero attached hydrogens (tertiary/aromatic N) is 1. The van der Waals surface area contributed by atoms with Crippen LogP contribution in [-0.2, 0) is 0 Å². The number of carbonyl (C=O) groups excluding carboxylic acids is 2. The van der Waals surface area contributed by atoms with Crippen LogP contribution < -0.4 is 16.5 Å². The number of benzene rings is 2. The molecule has 10 heteroatoms. The summed E-state index contributed by atoms with van der Waals surface area (Å²) < 4.78 is 5.81. The van der Waals surface area contributed by atoms with Gasteiger partial charge in [0.2, 0.25) is 0 Å². The molecule has 1 heterocycles. The van der Waals surface area contributed by atoms with Crippen LogP contribution in [0.2, 0.25) is 0 Å². The molecule has 0 saturated heterocycles. The number of hydrogen-bond donors (Lipinski definition) is 2. The summed E-state index contributed by atoms with van der Waals surface area (Å²) in [7, 11) is 0. The second kappa shape index (κ2) is 7.38. The molecule has 0 aliphatic rings. The third kappa shape index (κ3) is 4.01. The van der Waals surface area contributed by atoms with Crippen LogP contribution >= 0.6 is 15.9 Å². The van der Waals surface area contributed by atoms with Crippen molar-refractivity contribution >= 4 is 44.4 Å². The zero-order chi connectivity index (χ0) is 19.6. The molecule has 136 valence electrons. The van der Waals surface area contributed by atoms with Crippen molar-refractivity contribution in [3.8, 4) is 0 Å². The second-order valence-corrected chi connectivity index (χ2v) is 6.26. The van der Waals surface area contributed by atoms with E-state index in [4.69, 9.17) is 4.42 Å². The van der Waals surface area contributed by atoms with E-state index in [1.54, 1.807) is 18.2 Å². The molecule has 27 heavy (non-hydrogen) atoms. The van der Waals surface area contributed by atoms with E-state index in [2.05, 4.69) is 26.8 Å². The quantitative estimate of drug-likeness (QED) is 0.372. The second-order valence-electron chi connectivity index (χ2n) is 5.35. The Morgan fingerprint density at radius 1 is 1.04 bits per heavy atom. The van der Waals surface area contributed by atoms with Crippen LogP contribution in [0.4, 0.5) is 5.69 Å². The Kier molecular flexibility index (Phi) is 4.99. The monoisotopic (exact) mass is 431 g/mol. The lowest BCUT2D eigenvalue weighted by Gasteiger charge is -2.07. The summed E-state index contributed by atoms with van der Waals surface area (Å²) >= 11 is 3.28. The minimum absolute atomic E-state index is 0.0287. The highest BCUT2D eigenvalue weighted by Gasteiger charge is 2.16. The third-order valence-corrected chi connectivity index (χ3v) is 4.04. The summed E-state index contributed by atoms with van der Waals surface area (Å²) in [6, 6.07) is 11.2. The summed E-state index contributed by atoms with van der Waals surface area (Å²) in [5.41, 5.74) is 3.02. The fourth-order valence-electron chi connectivity index (χ4n) is 2.27. The fourth-order valence-corrected chi connectivity index (χ4v) is 2.65. The van der Waals surface area contributed by atoms with Crippen LogP contribution in [0.1, 0.15) is 20.7 Å². The van der Waals surface area contributed by atoms with Gasteiger partial charge >= 0.3 is 5.63 Å². The average Bonchev–Trinajstić information content (AvgIpc) is 2.65. The first kappa shape index (κ1) is 18.3. The van der Waals surface area contributed by atoms with Gasteiger partial charge in [-0.1, -0.05) is 22.0 Å². The maximum absolute atomic E-state index is 12.2. The molecule has 0 unspecified atom stereocenters. The number of nitro groups is 1. The molecule has 2 N–H and O–H groups in total. The van der Waals surface area contributed by atoms with Crippen molar-refractivity contribution in [2.24, 2.45) is 0 Å². The van der Waals surface area contributed by atoms with E-state index in [0.29, 0.717) is 11.0 Å². The lowest BCUT2D eigenvalue weighted by atomic mass is 10.2. The van der Waals surface area contributed by atoms with E-state index in [0.717, 1.165) is 10.5 Å². The number of halogens is 1. The van der Waals surface area contributed by atoms with Gasteiger partial charge in [-0.05, 0) is 30.3 Å². The van der Waals surface area contributed by atoms with E-state index < -0.39 is 22.4 Å². The van der Waals surface area contributed by atoms with E-state index >= 15 is 0 Å². The highest BCUT2D eigenvalue weighted by Crippen LogP contribution is 2.19. The molecule has 9 nitrogen and oxygen atoms in total. The number of nitrogens with one attached hydrogen (secondary N) is 2. The maximum atomic E-state index is 12.2. The number of hydrazine groups is 1. The van der Waals surface area contributed by atoms with Crippen molar-refractivity contribution < 1.29 is 18.9 Å². The van der Waals surface area contributed by atoms with E-state index in [9.17, 15) is 24.5 Å². The van der Waals surface area contributed by atoms with Gasteiger partial charge in [-0.15, -0.1) is 0 Å². The van der Waals surface area contributed by atoms with Crippen molar-refractivity contribution in [1.82, 2.24) is 10.9 Å². The summed E-state index contributed by atoms with van der Waals surface area (Å²) in [6.07, 6.45) is 0. The van der Waals surface area contributed by atoms with Gasteiger partial charge in [-0.25, -0.2) is 4.79 Å². The van der Waals surface area contributed by atoms with Gasteiger partial charge in [0.25, 0.3) is 17.5 Å². The SMILES string of the molecule is O=C(NNC(=O)c1cc2cc(Br)ccc2oc1=O)c1cccc([N+](=O)[O-])c1. The number of nitro benzene ring substituents is 1. The smallest absolute Gasteiger partial charge is 0.349 e. The van der Waals surface area contributed by atoms with Crippen molar-refractivity contribution in [3.63, 3.8) is 0 Å². The molecule has 0 aliphatic carbocycles. The van der Waals surface area contributed by atoms with Gasteiger partial charge in [0, 0.05) is 27.6 Å². The van der Waals surface area contributed by atoms with E-state index in [-0.39, 0.29) is 16.8 Å². The Balaban J connectivity index is 1.77. The first-order valence-corrected chi connectivity index (χ1v) is 8.23. The molecular formula is C17H10BrN3O6. The van der Waals surface area contributed by atoms with Crippen LogP contribution in [0.15, 0.2) is 62.2 Å². The van der Waals surface area contributed by atoms with Crippen LogP contribution in [0.25, 0.3) is 11.0 Å². The normalized spacial score (nSPS) is 10.4. The zero-order valence-electron chi connectivity index (χ0n) is 13.4. The number of hydrogen-bond acceptors (Lipinski definition) is 6. The number of rotatable bonds is 3. The molecule has 2 aromatic carbocycles. The Bertz CT molecular complexity index is 1140. The molecule has 0 fully saturated rings. The molecule has 0 radical (unpaired) electrons. The van der Waals surface area contributed by atoms with Crippen molar-refractivity contribution in [1.29, 1.82) is 0 Å². The van der Waals surface area contributed by atoms with Crippen LogP contribution in [-0.4, -0.2) is 16.7 Å². The van der Waals surface area contributed by atoms with Crippen molar-refractivity contribution in [2.75, 3.05) is 0 Å².